The molecular formula is C17H22N2OS. The summed E-state index contributed by atoms with van der Waals surface area (Å²) in [7, 11) is 0. The van der Waals surface area contributed by atoms with Crippen molar-refractivity contribution in [2.24, 2.45) is 0 Å². The maximum atomic E-state index is 12.8. The Morgan fingerprint density at radius 3 is 2.71 bits per heavy atom. The third-order valence-corrected chi connectivity index (χ3v) is 4.21. The second kappa shape index (κ2) is 7.36. The van der Waals surface area contributed by atoms with Crippen molar-refractivity contribution in [3.63, 3.8) is 0 Å². The van der Waals surface area contributed by atoms with Crippen molar-refractivity contribution >= 4 is 17.2 Å². The number of nitrogens with zero attached hydrogens (tertiary/aromatic N) is 2. The summed E-state index contributed by atoms with van der Waals surface area (Å²) < 4.78 is 0. The lowest BCUT2D eigenvalue weighted by atomic mass is 10.1. The third-order valence-electron chi connectivity index (χ3n) is 3.48. The highest BCUT2D eigenvalue weighted by molar-refractivity contribution is 7.07. The number of amides is 1. The highest BCUT2D eigenvalue weighted by Gasteiger charge is 2.18. The molecule has 0 atom stereocenters. The van der Waals surface area contributed by atoms with Crippen LogP contribution >= 0.6 is 11.3 Å². The minimum atomic E-state index is 0.0830. The molecule has 0 spiro atoms. The van der Waals surface area contributed by atoms with Crippen LogP contribution in [-0.2, 0) is 6.54 Å². The Balaban J connectivity index is 2.20. The molecule has 0 N–H and O–H groups in total. The Morgan fingerprint density at radius 2 is 2.10 bits per heavy atom. The minimum Gasteiger partial charge on any atom is -0.334 e. The molecule has 112 valence electrons. The van der Waals surface area contributed by atoms with Crippen LogP contribution in [-0.4, -0.2) is 22.3 Å². The van der Waals surface area contributed by atoms with Gasteiger partial charge in [-0.2, -0.15) is 11.3 Å². The first-order chi connectivity index (χ1) is 10.1. The van der Waals surface area contributed by atoms with Crippen LogP contribution in [0.2, 0.25) is 0 Å². The van der Waals surface area contributed by atoms with Gasteiger partial charge in [0.15, 0.2) is 0 Å². The summed E-state index contributed by atoms with van der Waals surface area (Å²) in [5.74, 6) is 0.0830. The zero-order chi connectivity index (χ0) is 15.2. The van der Waals surface area contributed by atoms with Crippen LogP contribution in [0, 0.1) is 13.8 Å². The molecule has 2 aromatic heterocycles. The first-order valence-corrected chi connectivity index (χ1v) is 8.30. The van der Waals surface area contributed by atoms with E-state index in [-0.39, 0.29) is 5.91 Å². The van der Waals surface area contributed by atoms with Gasteiger partial charge in [-0.05, 0) is 54.8 Å². The third kappa shape index (κ3) is 4.14. The Hall–Kier alpha value is -1.68. The fourth-order valence-corrected chi connectivity index (χ4v) is 2.95. The Kier molecular flexibility index (Phi) is 5.51. The lowest BCUT2D eigenvalue weighted by Crippen LogP contribution is -2.32. The van der Waals surface area contributed by atoms with Crippen molar-refractivity contribution in [2.75, 3.05) is 6.54 Å². The van der Waals surface area contributed by atoms with Crippen molar-refractivity contribution in [1.82, 2.24) is 9.88 Å². The molecule has 3 nitrogen and oxygen atoms in total. The molecule has 21 heavy (non-hydrogen) atoms. The van der Waals surface area contributed by atoms with E-state index >= 15 is 0 Å². The highest BCUT2D eigenvalue weighted by atomic mass is 32.1. The lowest BCUT2D eigenvalue weighted by molar-refractivity contribution is 0.0739. The summed E-state index contributed by atoms with van der Waals surface area (Å²) in [6.45, 7) is 7.46. The van der Waals surface area contributed by atoms with Gasteiger partial charge in [-0.1, -0.05) is 13.3 Å². The molecule has 0 saturated carbocycles. The van der Waals surface area contributed by atoms with Gasteiger partial charge in [-0.25, -0.2) is 0 Å². The van der Waals surface area contributed by atoms with E-state index in [1.807, 2.05) is 30.9 Å². The normalized spacial score (nSPS) is 10.6. The van der Waals surface area contributed by atoms with E-state index in [0.29, 0.717) is 12.1 Å². The van der Waals surface area contributed by atoms with Crippen LogP contribution in [0.4, 0.5) is 0 Å². The Labute approximate surface area is 130 Å². The summed E-state index contributed by atoms with van der Waals surface area (Å²) >= 11 is 1.67. The number of hydrogen-bond acceptors (Lipinski definition) is 3. The predicted octanol–water partition coefficient (Wildman–Crippen LogP) is 4.20. The quantitative estimate of drug-likeness (QED) is 0.801. The maximum absolute atomic E-state index is 12.8. The largest absolute Gasteiger partial charge is 0.334 e. The van der Waals surface area contributed by atoms with Crippen molar-refractivity contribution in [3.05, 3.63) is 51.5 Å². The first-order valence-electron chi connectivity index (χ1n) is 7.36. The summed E-state index contributed by atoms with van der Waals surface area (Å²) in [5.41, 5.74) is 3.67. The molecule has 0 aliphatic rings. The van der Waals surface area contributed by atoms with Gasteiger partial charge in [0, 0.05) is 18.8 Å². The van der Waals surface area contributed by atoms with E-state index < -0.39 is 0 Å². The van der Waals surface area contributed by atoms with Gasteiger partial charge < -0.3 is 4.90 Å². The number of hydrogen-bond donors (Lipinski definition) is 0. The molecule has 1 amide bonds. The number of aryl methyl sites for hydroxylation is 2. The number of carbonyl (C=O) groups is 1. The van der Waals surface area contributed by atoms with E-state index in [0.717, 1.165) is 30.8 Å². The van der Waals surface area contributed by atoms with E-state index in [1.165, 1.54) is 5.56 Å². The number of pyridine rings is 1. The predicted molar refractivity (Wildman–Crippen MR) is 87.7 cm³/mol. The van der Waals surface area contributed by atoms with Crippen molar-refractivity contribution in [1.29, 1.82) is 0 Å². The smallest absolute Gasteiger partial charge is 0.255 e. The summed E-state index contributed by atoms with van der Waals surface area (Å²) in [4.78, 5) is 19.1. The molecule has 0 fully saturated rings. The monoisotopic (exact) mass is 302 g/mol. The topological polar surface area (TPSA) is 33.2 Å². The average molecular weight is 302 g/mol. The first kappa shape index (κ1) is 15.7. The standard InChI is InChI=1S/C17H22N2OS/c1-4-5-9-19(11-15-8-10-21-12-15)17(20)16-7-6-13(2)18-14(16)3/h6-8,10,12H,4-5,9,11H2,1-3H3. The van der Waals surface area contributed by atoms with E-state index in [4.69, 9.17) is 0 Å². The fourth-order valence-electron chi connectivity index (χ4n) is 2.29. The molecule has 0 aliphatic carbocycles. The molecule has 2 heterocycles. The molecule has 2 rings (SSSR count). The summed E-state index contributed by atoms with van der Waals surface area (Å²) in [6.07, 6.45) is 2.10. The second-order valence-corrected chi connectivity index (χ2v) is 6.08. The van der Waals surface area contributed by atoms with Gasteiger partial charge in [-0.3, -0.25) is 9.78 Å². The minimum absolute atomic E-state index is 0.0830. The molecule has 0 aromatic carbocycles. The van der Waals surface area contributed by atoms with Crippen molar-refractivity contribution in [3.8, 4) is 0 Å². The number of rotatable bonds is 6. The SMILES string of the molecule is CCCCN(Cc1ccsc1)C(=O)c1ccc(C)nc1C. The fraction of sp³-hybridized carbons (Fsp3) is 0.412. The van der Waals surface area contributed by atoms with Crippen LogP contribution < -0.4 is 0 Å². The zero-order valence-electron chi connectivity index (χ0n) is 12.9. The van der Waals surface area contributed by atoms with E-state index in [2.05, 4.69) is 28.7 Å². The number of unbranched alkanes of at least 4 members (excludes halogenated alkanes) is 1. The van der Waals surface area contributed by atoms with E-state index in [1.54, 1.807) is 11.3 Å². The van der Waals surface area contributed by atoms with Crippen molar-refractivity contribution in [2.45, 2.75) is 40.2 Å². The maximum Gasteiger partial charge on any atom is 0.255 e. The van der Waals surface area contributed by atoms with Gasteiger partial charge in [-0.15, -0.1) is 0 Å². The Bertz CT molecular complexity index is 593. The molecule has 4 heteroatoms. The molecule has 0 bridgehead atoms. The van der Waals surface area contributed by atoms with Crippen LogP contribution in [0.5, 0.6) is 0 Å². The molecule has 2 aromatic rings. The average Bonchev–Trinajstić information content (AvgIpc) is 2.95. The molecule has 0 aliphatic heterocycles. The van der Waals surface area contributed by atoms with Gasteiger partial charge in [0.1, 0.15) is 0 Å². The number of carbonyl (C=O) groups excluding carboxylic acids is 1. The van der Waals surface area contributed by atoms with Gasteiger partial charge in [0.25, 0.3) is 5.91 Å². The van der Waals surface area contributed by atoms with Crippen LogP contribution in [0.25, 0.3) is 0 Å². The second-order valence-electron chi connectivity index (χ2n) is 5.30. The van der Waals surface area contributed by atoms with Crippen LogP contribution in [0.1, 0.15) is 47.1 Å². The van der Waals surface area contributed by atoms with Crippen molar-refractivity contribution < 1.29 is 4.79 Å². The lowest BCUT2D eigenvalue weighted by Gasteiger charge is -2.23. The van der Waals surface area contributed by atoms with E-state index in [9.17, 15) is 4.79 Å². The van der Waals surface area contributed by atoms with Crippen LogP contribution in [0.15, 0.2) is 29.0 Å². The van der Waals surface area contributed by atoms with Gasteiger partial charge in [0.2, 0.25) is 0 Å². The van der Waals surface area contributed by atoms with Gasteiger partial charge >= 0.3 is 0 Å². The Morgan fingerprint density at radius 1 is 1.29 bits per heavy atom. The number of aromatic nitrogens is 1. The summed E-state index contributed by atoms with van der Waals surface area (Å²) in [5, 5.41) is 4.16. The molecule has 0 unspecified atom stereocenters. The molecule has 0 saturated heterocycles. The molecular weight excluding hydrogens is 280 g/mol. The summed E-state index contributed by atoms with van der Waals surface area (Å²) in [6, 6.07) is 5.88. The molecule has 0 radical (unpaired) electrons. The number of thiophene rings is 1. The highest BCUT2D eigenvalue weighted by Crippen LogP contribution is 2.15. The van der Waals surface area contributed by atoms with Gasteiger partial charge in [0.05, 0.1) is 11.3 Å². The van der Waals surface area contributed by atoms with Crippen LogP contribution in [0.3, 0.4) is 0 Å². The zero-order valence-corrected chi connectivity index (χ0v) is 13.7.